The molecule has 1 fully saturated rings. The van der Waals surface area contributed by atoms with Crippen LogP contribution in [0, 0.1) is 11.8 Å². The Labute approximate surface area is 259 Å². The number of nitrogens with zero attached hydrogens (tertiary/aromatic N) is 4. The highest BCUT2D eigenvalue weighted by molar-refractivity contribution is 5.97. The second kappa shape index (κ2) is 15.6. The molecular weight excluding hydrogens is 567 g/mol. The van der Waals surface area contributed by atoms with Gasteiger partial charge in [0.15, 0.2) is 0 Å². The highest BCUT2D eigenvalue weighted by Crippen LogP contribution is 2.26. The van der Waals surface area contributed by atoms with Crippen LogP contribution in [0.1, 0.15) is 82.1 Å². The fourth-order valence-corrected chi connectivity index (χ4v) is 5.61. The van der Waals surface area contributed by atoms with Crippen LogP contribution < -0.4 is 10.1 Å². The van der Waals surface area contributed by atoms with E-state index in [0.717, 1.165) is 63.0 Å². The van der Waals surface area contributed by atoms with Crippen molar-refractivity contribution in [2.75, 3.05) is 38.0 Å². The zero-order valence-electron chi connectivity index (χ0n) is 26.6. The fraction of sp³-hybridized carbons (Fsp3) is 0.588. The van der Waals surface area contributed by atoms with Gasteiger partial charge in [-0.15, -0.1) is 13.2 Å². The van der Waals surface area contributed by atoms with Crippen LogP contribution in [0.4, 0.5) is 19.1 Å². The van der Waals surface area contributed by atoms with Crippen molar-refractivity contribution >= 4 is 22.9 Å². The maximum Gasteiger partial charge on any atom is 0.573 e. The lowest BCUT2D eigenvalue weighted by Gasteiger charge is -2.26. The number of benzene rings is 2. The standard InChI is InChI=1S/C34H48F3N5O2/c1-25(2)14-20-41(21-15-26(3)4)32(43)28-12-13-30-31(23-28)42(19-9-18-40-16-6-5-7-17-40)33(39-30)38-24-27-10-8-11-29(22-27)44-34(35,36)37/h8,10-13,22-23,25-26H,5-7,9,14-21,24H2,1-4H3,(H,38,39). The minimum atomic E-state index is -4.75. The zero-order chi connectivity index (χ0) is 31.7. The maximum atomic E-state index is 13.8. The molecule has 7 nitrogen and oxygen atoms in total. The Morgan fingerprint density at radius 3 is 2.34 bits per heavy atom. The lowest BCUT2D eigenvalue weighted by atomic mass is 10.1. The van der Waals surface area contributed by atoms with Crippen LogP contribution in [0.3, 0.4) is 0 Å². The number of aromatic nitrogens is 2. The number of halogens is 3. The summed E-state index contributed by atoms with van der Waals surface area (Å²) in [6, 6.07) is 11.7. The Morgan fingerprint density at radius 1 is 0.977 bits per heavy atom. The smallest absolute Gasteiger partial charge is 0.406 e. The number of nitrogens with one attached hydrogen (secondary N) is 1. The van der Waals surface area contributed by atoms with E-state index in [-0.39, 0.29) is 18.2 Å². The molecule has 0 atom stereocenters. The molecule has 44 heavy (non-hydrogen) atoms. The number of piperidine rings is 1. The predicted octanol–water partition coefficient (Wildman–Crippen LogP) is 7.96. The van der Waals surface area contributed by atoms with Gasteiger partial charge >= 0.3 is 6.36 Å². The summed E-state index contributed by atoms with van der Waals surface area (Å²) in [4.78, 5) is 23.1. The lowest BCUT2D eigenvalue weighted by Crippen LogP contribution is -2.34. The first-order chi connectivity index (χ1) is 21.0. The molecule has 1 saturated heterocycles. The van der Waals surface area contributed by atoms with Gasteiger partial charge < -0.3 is 24.4 Å². The van der Waals surface area contributed by atoms with Gasteiger partial charge in [0.25, 0.3) is 5.91 Å². The van der Waals surface area contributed by atoms with E-state index in [2.05, 4.69) is 47.2 Å². The van der Waals surface area contributed by atoms with Gasteiger partial charge in [-0.2, -0.15) is 0 Å². The van der Waals surface area contributed by atoms with Crippen molar-refractivity contribution in [3.63, 3.8) is 0 Å². The molecule has 2 aromatic carbocycles. The van der Waals surface area contributed by atoms with Crippen LogP contribution >= 0.6 is 0 Å². The van der Waals surface area contributed by atoms with E-state index in [1.807, 2.05) is 23.1 Å². The summed E-state index contributed by atoms with van der Waals surface area (Å²) in [6.45, 7) is 14.3. The number of carbonyl (C=O) groups is 1. The number of likely N-dealkylation sites (tertiary alicyclic amines) is 1. The second-order valence-corrected chi connectivity index (χ2v) is 12.8. The fourth-order valence-electron chi connectivity index (χ4n) is 5.61. The Kier molecular flexibility index (Phi) is 11.9. The Bertz CT molecular complexity index is 1340. The first-order valence-electron chi connectivity index (χ1n) is 16.1. The third kappa shape index (κ3) is 10.1. The number of amides is 1. The van der Waals surface area contributed by atoms with Crippen LogP contribution in [0.5, 0.6) is 5.75 Å². The van der Waals surface area contributed by atoms with Crippen molar-refractivity contribution in [3.05, 3.63) is 53.6 Å². The SMILES string of the molecule is CC(C)CCN(CCC(C)C)C(=O)c1ccc2nc(NCc3cccc(OC(F)(F)F)c3)n(CCCN3CCCCC3)c2c1. The van der Waals surface area contributed by atoms with E-state index in [1.165, 1.54) is 31.4 Å². The molecule has 1 amide bonds. The van der Waals surface area contributed by atoms with Gasteiger partial charge in [-0.3, -0.25) is 4.79 Å². The van der Waals surface area contributed by atoms with E-state index in [0.29, 0.717) is 35.5 Å². The molecule has 10 heteroatoms. The van der Waals surface area contributed by atoms with E-state index in [9.17, 15) is 18.0 Å². The van der Waals surface area contributed by atoms with Gasteiger partial charge in [0, 0.05) is 31.7 Å². The molecule has 0 unspecified atom stereocenters. The van der Waals surface area contributed by atoms with Crippen molar-refractivity contribution in [2.45, 2.75) is 85.7 Å². The molecule has 1 aromatic heterocycles. The molecular formula is C34H48F3N5O2. The summed E-state index contributed by atoms with van der Waals surface area (Å²) in [5.41, 5.74) is 2.93. The molecule has 242 valence electrons. The van der Waals surface area contributed by atoms with Crippen molar-refractivity contribution in [1.82, 2.24) is 19.4 Å². The molecule has 0 spiro atoms. The largest absolute Gasteiger partial charge is 0.573 e. The second-order valence-electron chi connectivity index (χ2n) is 12.8. The van der Waals surface area contributed by atoms with Gasteiger partial charge in [0.1, 0.15) is 5.75 Å². The molecule has 1 aliphatic rings. The number of anilines is 1. The molecule has 0 saturated carbocycles. The molecule has 1 N–H and O–H groups in total. The van der Waals surface area contributed by atoms with Crippen LogP contribution in [0.25, 0.3) is 11.0 Å². The molecule has 1 aliphatic heterocycles. The van der Waals surface area contributed by atoms with Gasteiger partial charge in [-0.05, 0) is 99.5 Å². The highest BCUT2D eigenvalue weighted by Gasteiger charge is 2.31. The molecule has 4 rings (SSSR count). The number of rotatable bonds is 15. The number of imidazole rings is 1. The van der Waals surface area contributed by atoms with E-state index < -0.39 is 6.36 Å². The van der Waals surface area contributed by atoms with Crippen LogP contribution in [0.2, 0.25) is 0 Å². The van der Waals surface area contributed by atoms with Gasteiger partial charge in [0.2, 0.25) is 5.95 Å². The monoisotopic (exact) mass is 615 g/mol. The Hall–Kier alpha value is -3.27. The van der Waals surface area contributed by atoms with E-state index >= 15 is 0 Å². The number of hydrogen-bond donors (Lipinski definition) is 1. The van der Waals surface area contributed by atoms with Crippen molar-refractivity contribution in [2.24, 2.45) is 11.8 Å². The van der Waals surface area contributed by atoms with Crippen molar-refractivity contribution in [1.29, 1.82) is 0 Å². The van der Waals surface area contributed by atoms with Gasteiger partial charge in [-0.25, -0.2) is 4.98 Å². The van der Waals surface area contributed by atoms with Crippen molar-refractivity contribution in [3.8, 4) is 5.75 Å². The first-order valence-corrected chi connectivity index (χ1v) is 16.1. The number of ether oxygens (including phenoxy) is 1. The molecule has 0 bridgehead atoms. The minimum absolute atomic E-state index is 0.0326. The summed E-state index contributed by atoms with van der Waals surface area (Å²) < 4.78 is 44.5. The van der Waals surface area contributed by atoms with Gasteiger partial charge in [0.05, 0.1) is 11.0 Å². The summed E-state index contributed by atoms with van der Waals surface area (Å²) >= 11 is 0. The third-order valence-corrected chi connectivity index (χ3v) is 8.12. The Morgan fingerprint density at radius 2 is 1.68 bits per heavy atom. The van der Waals surface area contributed by atoms with E-state index in [4.69, 9.17) is 4.98 Å². The Balaban J connectivity index is 1.58. The minimum Gasteiger partial charge on any atom is -0.406 e. The van der Waals surface area contributed by atoms with Crippen LogP contribution in [0.15, 0.2) is 42.5 Å². The quantitative estimate of drug-likeness (QED) is 0.188. The van der Waals surface area contributed by atoms with Crippen LogP contribution in [-0.4, -0.2) is 64.3 Å². The first kappa shape index (κ1) is 33.6. The number of alkyl halides is 3. The summed E-state index contributed by atoms with van der Waals surface area (Å²) in [7, 11) is 0. The number of hydrogen-bond acceptors (Lipinski definition) is 5. The number of fused-ring (bicyclic) bond motifs is 1. The average molecular weight is 616 g/mol. The third-order valence-electron chi connectivity index (χ3n) is 8.12. The normalized spacial score (nSPS) is 14.5. The topological polar surface area (TPSA) is 62.6 Å². The van der Waals surface area contributed by atoms with Crippen LogP contribution in [-0.2, 0) is 13.1 Å². The number of carbonyl (C=O) groups excluding carboxylic acids is 1. The zero-order valence-corrected chi connectivity index (χ0v) is 26.6. The van der Waals surface area contributed by atoms with Gasteiger partial charge in [-0.1, -0.05) is 46.2 Å². The molecule has 2 heterocycles. The van der Waals surface area contributed by atoms with Crippen molar-refractivity contribution < 1.29 is 22.7 Å². The number of aryl methyl sites for hydroxylation is 1. The molecule has 0 radical (unpaired) electrons. The predicted molar refractivity (Wildman–Crippen MR) is 170 cm³/mol. The lowest BCUT2D eigenvalue weighted by molar-refractivity contribution is -0.274. The summed E-state index contributed by atoms with van der Waals surface area (Å²) in [6.07, 6.45) is 1.81. The summed E-state index contributed by atoms with van der Waals surface area (Å²) in [5, 5.41) is 3.34. The van der Waals surface area contributed by atoms with E-state index in [1.54, 1.807) is 12.1 Å². The maximum absolute atomic E-state index is 13.8. The molecule has 3 aromatic rings. The summed E-state index contributed by atoms with van der Waals surface area (Å²) in [5.74, 6) is 1.41. The highest BCUT2D eigenvalue weighted by atomic mass is 19.4. The molecule has 0 aliphatic carbocycles. The average Bonchev–Trinajstić information content (AvgIpc) is 3.32.